The van der Waals surface area contributed by atoms with E-state index in [1.54, 1.807) is 0 Å². The van der Waals surface area contributed by atoms with Crippen LogP contribution in [0.25, 0.3) is 0 Å². The molecule has 8 atom stereocenters. The monoisotopic (exact) mass is 420 g/mol. The van der Waals surface area contributed by atoms with E-state index in [1.165, 1.54) is 0 Å². The van der Waals surface area contributed by atoms with Gasteiger partial charge in [-0.1, -0.05) is 26.0 Å². The molecule has 4 saturated carbocycles. The molecule has 5 heteroatoms. The molecular weight excluding hydrogens is 380 g/mol. The van der Waals surface area contributed by atoms with Gasteiger partial charge in [0.2, 0.25) is 0 Å². The Morgan fingerprint density at radius 1 is 1.10 bits per heavy atom. The zero-order valence-corrected chi connectivity index (χ0v) is 19.1. The van der Waals surface area contributed by atoms with E-state index in [-0.39, 0.29) is 41.5 Å². The Balaban J connectivity index is 0.000000589. The number of hydrogen-bond donors (Lipinski definition) is 3. The molecule has 0 aromatic rings. The first-order valence-electron chi connectivity index (χ1n) is 11.7. The summed E-state index contributed by atoms with van der Waals surface area (Å²) in [5, 5.41) is 30.6. The van der Waals surface area contributed by atoms with Crippen LogP contribution in [0.1, 0.15) is 79.1 Å². The average Bonchev–Trinajstić information content (AvgIpc) is 2.99. The molecule has 0 bridgehead atoms. The van der Waals surface area contributed by atoms with Crippen molar-refractivity contribution in [3.63, 3.8) is 0 Å². The Kier molecular flexibility index (Phi) is 6.67. The molecule has 4 aliphatic rings. The summed E-state index contributed by atoms with van der Waals surface area (Å²) in [6, 6.07) is 0. The van der Waals surface area contributed by atoms with Gasteiger partial charge in [0.05, 0.1) is 6.10 Å². The number of aliphatic hydroxyl groups is 3. The van der Waals surface area contributed by atoms with E-state index < -0.39 is 23.4 Å². The summed E-state index contributed by atoms with van der Waals surface area (Å²) >= 11 is 0. The molecule has 0 saturated heterocycles. The Labute approximate surface area is 180 Å². The number of aliphatic hydroxyl groups excluding tert-OH is 2. The molecular formula is C25H40O5. The fourth-order valence-corrected chi connectivity index (χ4v) is 7.64. The van der Waals surface area contributed by atoms with Gasteiger partial charge >= 0.3 is 0 Å². The quantitative estimate of drug-likeness (QED) is 0.595. The largest absolute Gasteiger partial charge is 0.393 e. The standard InChI is InChI=1S/C21H32O5.C4H8/c1-19-7-5-13(23)9-12(19)3-4-14-15-6-8-21(26,17(25)11-22)20(15,2)10-16(24)18(14)19;1-3-4-2/h12-15,18,22-23,26H,3-11H2,1-2H3;3-4H,1-2H3/b;4-3+/t12-,13-,14+,15+,18-,19+,20+,21+;/m1./s1. The molecule has 0 amide bonds. The molecule has 0 aromatic carbocycles. The van der Waals surface area contributed by atoms with Crippen LogP contribution in [0.5, 0.6) is 0 Å². The van der Waals surface area contributed by atoms with Gasteiger partial charge in [-0.3, -0.25) is 9.59 Å². The zero-order valence-electron chi connectivity index (χ0n) is 19.1. The van der Waals surface area contributed by atoms with Crippen LogP contribution in [0.15, 0.2) is 12.2 Å². The number of rotatable bonds is 2. The molecule has 30 heavy (non-hydrogen) atoms. The lowest BCUT2D eigenvalue weighted by Gasteiger charge is -2.60. The second-order valence-corrected chi connectivity index (χ2v) is 10.7. The van der Waals surface area contributed by atoms with E-state index in [9.17, 15) is 24.9 Å². The van der Waals surface area contributed by atoms with Gasteiger partial charge in [0.15, 0.2) is 5.78 Å². The number of fused-ring (bicyclic) bond motifs is 5. The number of Topliss-reactive ketones (excluding diaryl/α,β-unsaturated/α-hetero) is 2. The average molecular weight is 421 g/mol. The Morgan fingerprint density at radius 2 is 1.77 bits per heavy atom. The molecule has 4 rings (SSSR count). The first-order chi connectivity index (χ1) is 14.1. The van der Waals surface area contributed by atoms with Gasteiger partial charge in [0, 0.05) is 17.8 Å². The normalized spacial score (nSPS) is 47.7. The summed E-state index contributed by atoms with van der Waals surface area (Å²) in [7, 11) is 0. The molecule has 0 aliphatic heterocycles. The number of carbonyl (C=O) groups excluding carboxylic acids is 2. The molecule has 0 spiro atoms. The van der Waals surface area contributed by atoms with Crippen LogP contribution in [0.2, 0.25) is 0 Å². The topological polar surface area (TPSA) is 94.8 Å². The lowest BCUT2D eigenvalue weighted by Crippen LogP contribution is -2.62. The Bertz CT molecular complexity index is 698. The molecule has 170 valence electrons. The third-order valence-corrected chi connectivity index (χ3v) is 9.42. The van der Waals surface area contributed by atoms with E-state index in [0.717, 1.165) is 38.5 Å². The highest BCUT2D eigenvalue weighted by Gasteiger charge is 2.68. The second kappa shape index (κ2) is 8.48. The maximum absolute atomic E-state index is 13.4. The maximum atomic E-state index is 13.4. The fourth-order valence-electron chi connectivity index (χ4n) is 7.64. The maximum Gasteiger partial charge on any atom is 0.190 e. The van der Waals surface area contributed by atoms with Gasteiger partial charge in [-0.15, -0.1) is 0 Å². The Hall–Kier alpha value is -1.04. The zero-order chi connectivity index (χ0) is 22.3. The smallest absolute Gasteiger partial charge is 0.190 e. The van der Waals surface area contributed by atoms with Crippen molar-refractivity contribution in [1.82, 2.24) is 0 Å². The van der Waals surface area contributed by atoms with E-state index in [2.05, 4.69) is 6.92 Å². The van der Waals surface area contributed by atoms with Crippen LogP contribution in [0, 0.1) is 34.5 Å². The van der Waals surface area contributed by atoms with E-state index >= 15 is 0 Å². The Morgan fingerprint density at radius 3 is 2.37 bits per heavy atom. The van der Waals surface area contributed by atoms with Gasteiger partial charge in [-0.25, -0.2) is 0 Å². The molecule has 5 nitrogen and oxygen atoms in total. The van der Waals surface area contributed by atoms with Crippen molar-refractivity contribution in [3.05, 3.63) is 12.2 Å². The predicted molar refractivity (Wildman–Crippen MR) is 116 cm³/mol. The second-order valence-electron chi connectivity index (χ2n) is 10.7. The molecule has 4 aliphatic carbocycles. The minimum atomic E-state index is -1.58. The van der Waals surface area contributed by atoms with Crippen molar-refractivity contribution in [2.45, 2.75) is 90.8 Å². The molecule has 0 aromatic heterocycles. The van der Waals surface area contributed by atoms with Crippen molar-refractivity contribution in [2.75, 3.05) is 6.61 Å². The van der Waals surface area contributed by atoms with Crippen molar-refractivity contribution in [1.29, 1.82) is 0 Å². The van der Waals surface area contributed by atoms with E-state index in [1.807, 2.05) is 32.9 Å². The highest BCUT2D eigenvalue weighted by Crippen LogP contribution is 2.67. The summed E-state index contributed by atoms with van der Waals surface area (Å²) in [5.41, 5.74) is -2.40. The summed E-state index contributed by atoms with van der Waals surface area (Å²) in [4.78, 5) is 25.7. The van der Waals surface area contributed by atoms with Crippen LogP contribution in [0.4, 0.5) is 0 Å². The van der Waals surface area contributed by atoms with Crippen molar-refractivity contribution in [3.8, 4) is 0 Å². The minimum absolute atomic E-state index is 0.0154. The van der Waals surface area contributed by atoms with E-state index in [0.29, 0.717) is 12.3 Å². The number of carbonyl (C=O) groups is 2. The van der Waals surface area contributed by atoms with Crippen LogP contribution in [-0.4, -0.2) is 45.2 Å². The van der Waals surface area contributed by atoms with E-state index in [4.69, 9.17) is 0 Å². The van der Waals surface area contributed by atoms with Crippen molar-refractivity contribution >= 4 is 11.6 Å². The number of hydrogen-bond acceptors (Lipinski definition) is 5. The van der Waals surface area contributed by atoms with Crippen molar-refractivity contribution in [2.24, 2.45) is 34.5 Å². The molecule has 0 unspecified atom stereocenters. The van der Waals surface area contributed by atoms with Crippen LogP contribution in [-0.2, 0) is 9.59 Å². The SMILES string of the molecule is C/C=C/C.C[C@]12CC[C@@H](O)C[C@H]1CC[C@@H]1[C@@H]2C(=O)C[C@@]2(C)[C@H]1CC[C@]2(O)C(=O)CO. The van der Waals surface area contributed by atoms with Gasteiger partial charge in [0.1, 0.15) is 18.0 Å². The third-order valence-electron chi connectivity index (χ3n) is 9.42. The van der Waals surface area contributed by atoms with Gasteiger partial charge in [-0.05, 0) is 82.0 Å². The van der Waals surface area contributed by atoms with Crippen molar-refractivity contribution < 1.29 is 24.9 Å². The summed E-state index contributed by atoms with van der Waals surface area (Å²) in [6.07, 6.45) is 9.47. The lowest BCUT2D eigenvalue weighted by molar-refractivity contribution is -0.180. The van der Waals surface area contributed by atoms with Crippen LogP contribution < -0.4 is 0 Å². The van der Waals surface area contributed by atoms with Gasteiger partial charge in [0.25, 0.3) is 0 Å². The first kappa shape index (κ1) is 23.6. The first-order valence-corrected chi connectivity index (χ1v) is 11.7. The summed E-state index contributed by atoms with van der Waals surface area (Å²) in [6.45, 7) is 7.46. The summed E-state index contributed by atoms with van der Waals surface area (Å²) < 4.78 is 0. The summed E-state index contributed by atoms with van der Waals surface area (Å²) in [5.74, 6) is 0.380. The molecule has 4 fully saturated rings. The molecule has 3 N–H and O–H groups in total. The third kappa shape index (κ3) is 3.41. The number of allylic oxidation sites excluding steroid dienone is 2. The van der Waals surface area contributed by atoms with Gasteiger partial charge in [-0.2, -0.15) is 0 Å². The predicted octanol–water partition coefficient (Wildman–Crippen LogP) is 3.44. The fraction of sp³-hybridized carbons (Fsp3) is 0.840. The molecule has 0 heterocycles. The van der Waals surface area contributed by atoms with Crippen LogP contribution >= 0.6 is 0 Å². The highest BCUT2D eigenvalue weighted by atomic mass is 16.3. The van der Waals surface area contributed by atoms with Gasteiger partial charge < -0.3 is 15.3 Å². The minimum Gasteiger partial charge on any atom is -0.393 e. The number of ketones is 2. The highest BCUT2D eigenvalue weighted by molar-refractivity contribution is 5.92. The molecule has 0 radical (unpaired) electrons. The lowest BCUT2D eigenvalue weighted by atomic mass is 9.44. The van der Waals surface area contributed by atoms with Crippen LogP contribution in [0.3, 0.4) is 0 Å².